The third-order valence-corrected chi connectivity index (χ3v) is 4.12. The zero-order valence-electron chi connectivity index (χ0n) is 15.2. The van der Waals surface area contributed by atoms with Gasteiger partial charge >= 0.3 is 0 Å². The molecule has 3 nitrogen and oxygen atoms in total. The summed E-state index contributed by atoms with van der Waals surface area (Å²) < 4.78 is 24.7. The molecule has 0 atom stereocenters. The molecule has 0 aliphatic heterocycles. The molecule has 3 rings (SSSR count). The van der Waals surface area contributed by atoms with E-state index in [0.29, 0.717) is 12.1 Å². The third kappa shape index (κ3) is 5.98. The average Bonchev–Trinajstić information content (AvgIpc) is 2.69. The van der Waals surface area contributed by atoms with Gasteiger partial charge in [0, 0.05) is 24.2 Å². The van der Waals surface area contributed by atoms with Gasteiger partial charge in [0.05, 0.1) is 7.11 Å². The van der Waals surface area contributed by atoms with Crippen molar-refractivity contribution in [2.24, 2.45) is 0 Å². The van der Waals surface area contributed by atoms with Gasteiger partial charge in [0.1, 0.15) is 23.9 Å². The molecule has 0 fully saturated rings. The maximum atomic E-state index is 13.7. The summed E-state index contributed by atoms with van der Waals surface area (Å²) in [5.74, 6) is 1.36. The van der Waals surface area contributed by atoms with E-state index in [4.69, 9.17) is 9.47 Å². The van der Waals surface area contributed by atoms with Gasteiger partial charge < -0.3 is 14.8 Å². The molecular formula is C22H23ClFNO2. The molecule has 0 saturated carbocycles. The number of halogens is 2. The first-order valence-electron chi connectivity index (χ1n) is 8.54. The molecular weight excluding hydrogens is 365 g/mol. The van der Waals surface area contributed by atoms with Crippen molar-refractivity contribution in [3.05, 3.63) is 95.3 Å². The first kappa shape index (κ1) is 20.7. The number of methoxy groups -OCH3 is 1. The summed E-state index contributed by atoms with van der Waals surface area (Å²) in [6.07, 6.45) is 0. The molecule has 0 amide bonds. The molecule has 3 aromatic carbocycles. The van der Waals surface area contributed by atoms with Crippen LogP contribution in [0.4, 0.5) is 4.39 Å². The molecule has 0 radical (unpaired) electrons. The van der Waals surface area contributed by atoms with E-state index in [1.807, 2.05) is 54.6 Å². The summed E-state index contributed by atoms with van der Waals surface area (Å²) >= 11 is 0. The van der Waals surface area contributed by atoms with Gasteiger partial charge in [0.15, 0.2) is 0 Å². The summed E-state index contributed by atoms with van der Waals surface area (Å²) in [7, 11) is 1.66. The van der Waals surface area contributed by atoms with Gasteiger partial charge in [-0.3, -0.25) is 0 Å². The predicted octanol–water partition coefficient (Wildman–Crippen LogP) is 5.12. The maximum Gasteiger partial charge on any atom is 0.129 e. The Hall–Kier alpha value is -2.56. The number of rotatable bonds is 8. The Morgan fingerprint density at radius 1 is 0.815 bits per heavy atom. The Morgan fingerprint density at radius 2 is 1.48 bits per heavy atom. The molecule has 0 aromatic heterocycles. The van der Waals surface area contributed by atoms with Crippen molar-refractivity contribution in [1.29, 1.82) is 0 Å². The van der Waals surface area contributed by atoms with Crippen molar-refractivity contribution in [3.63, 3.8) is 0 Å². The lowest BCUT2D eigenvalue weighted by Crippen LogP contribution is -2.13. The van der Waals surface area contributed by atoms with E-state index >= 15 is 0 Å². The Bertz CT molecular complexity index is 840. The second kappa shape index (κ2) is 10.6. The smallest absolute Gasteiger partial charge is 0.129 e. The van der Waals surface area contributed by atoms with Crippen LogP contribution in [-0.2, 0) is 19.7 Å². The molecule has 0 saturated heterocycles. The highest BCUT2D eigenvalue weighted by Gasteiger charge is 2.06. The quantitative estimate of drug-likeness (QED) is 0.581. The topological polar surface area (TPSA) is 30.5 Å². The van der Waals surface area contributed by atoms with Crippen LogP contribution in [0.3, 0.4) is 0 Å². The molecule has 0 spiro atoms. The maximum absolute atomic E-state index is 13.7. The van der Waals surface area contributed by atoms with E-state index in [-0.39, 0.29) is 24.8 Å². The lowest BCUT2D eigenvalue weighted by atomic mass is 10.1. The van der Waals surface area contributed by atoms with Gasteiger partial charge in [-0.15, -0.1) is 12.4 Å². The zero-order valence-corrected chi connectivity index (χ0v) is 16.0. The van der Waals surface area contributed by atoms with Crippen molar-refractivity contribution in [2.45, 2.75) is 19.7 Å². The van der Waals surface area contributed by atoms with Gasteiger partial charge in [0.2, 0.25) is 0 Å². The minimum atomic E-state index is -0.248. The van der Waals surface area contributed by atoms with Crippen LogP contribution in [0.15, 0.2) is 72.8 Å². The van der Waals surface area contributed by atoms with Crippen molar-refractivity contribution in [3.8, 4) is 11.5 Å². The zero-order chi connectivity index (χ0) is 18.2. The van der Waals surface area contributed by atoms with Crippen LogP contribution in [0.1, 0.15) is 16.7 Å². The van der Waals surface area contributed by atoms with Crippen LogP contribution >= 0.6 is 12.4 Å². The average molecular weight is 388 g/mol. The lowest BCUT2D eigenvalue weighted by Gasteiger charge is -2.13. The first-order valence-corrected chi connectivity index (χ1v) is 8.54. The second-order valence-electron chi connectivity index (χ2n) is 5.94. The molecule has 142 valence electrons. The van der Waals surface area contributed by atoms with E-state index < -0.39 is 0 Å². The largest absolute Gasteiger partial charge is 0.497 e. The van der Waals surface area contributed by atoms with Gasteiger partial charge in [-0.2, -0.15) is 0 Å². The highest BCUT2D eigenvalue weighted by molar-refractivity contribution is 5.85. The molecule has 0 unspecified atom stereocenters. The van der Waals surface area contributed by atoms with Gasteiger partial charge in [0.25, 0.3) is 0 Å². The highest BCUT2D eigenvalue weighted by atomic mass is 35.5. The van der Waals surface area contributed by atoms with Crippen molar-refractivity contribution in [1.82, 2.24) is 5.32 Å². The van der Waals surface area contributed by atoms with Crippen molar-refractivity contribution in [2.75, 3.05) is 7.11 Å². The fourth-order valence-electron chi connectivity index (χ4n) is 2.65. The SMILES string of the molecule is COc1ccc(CNCc2ccccc2OCc2ccccc2F)cc1.Cl. The van der Waals surface area contributed by atoms with E-state index in [1.165, 1.54) is 11.6 Å². The van der Waals surface area contributed by atoms with Crippen LogP contribution in [0.25, 0.3) is 0 Å². The molecule has 5 heteroatoms. The van der Waals surface area contributed by atoms with Crippen LogP contribution in [0.5, 0.6) is 11.5 Å². The second-order valence-corrected chi connectivity index (χ2v) is 5.94. The molecule has 0 bridgehead atoms. The summed E-state index contributed by atoms with van der Waals surface area (Å²) in [6.45, 7) is 1.62. The predicted molar refractivity (Wildman–Crippen MR) is 108 cm³/mol. The molecule has 1 N–H and O–H groups in total. The molecule has 3 aromatic rings. The van der Waals surface area contributed by atoms with Crippen molar-refractivity contribution < 1.29 is 13.9 Å². The molecule has 27 heavy (non-hydrogen) atoms. The summed E-state index contributed by atoms with van der Waals surface area (Å²) in [5.41, 5.74) is 2.77. The Labute approximate surface area is 165 Å². The summed E-state index contributed by atoms with van der Waals surface area (Å²) in [6, 6.07) is 22.4. The van der Waals surface area contributed by atoms with Gasteiger partial charge in [-0.05, 0) is 29.8 Å². The number of para-hydroxylation sites is 1. The number of nitrogens with one attached hydrogen (secondary N) is 1. The van der Waals surface area contributed by atoms with E-state index in [0.717, 1.165) is 23.6 Å². The number of benzene rings is 3. The van der Waals surface area contributed by atoms with Crippen molar-refractivity contribution >= 4 is 12.4 Å². The highest BCUT2D eigenvalue weighted by Crippen LogP contribution is 2.20. The van der Waals surface area contributed by atoms with E-state index in [1.54, 1.807) is 19.2 Å². The standard InChI is InChI=1S/C22H22FNO2.ClH/c1-25-20-12-10-17(11-13-20)14-24-15-18-6-3-5-9-22(18)26-16-19-7-2-4-8-21(19)23;/h2-13,24H,14-16H2,1H3;1H. The van der Waals surface area contributed by atoms with Gasteiger partial charge in [-0.1, -0.05) is 48.5 Å². The van der Waals surface area contributed by atoms with Crippen LogP contribution < -0.4 is 14.8 Å². The fraction of sp³-hybridized carbons (Fsp3) is 0.182. The summed E-state index contributed by atoms with van der Waals surface area (Å²) in [4.78, 5) is 0. The fourth-order valence-corrected chi connectivity index (χ4v) is 2.65. The number of hydrogen-bond donors (Lipinski definition) is 1. The Kier molecular flexibility index (Phi) is 8.11. The lowest BCUT2D eigenvalue weighted by molar-refractivity contribution is 0.296. The molecule has 0 aliphatic carbocycles. The van der Waals surface area contributed by atoms with Crippen LogP contribution in [-0.4, -0.2) is 7.11 Å². The monoisotopic (exact) mass is 387 g/mol. The van der Waals surface area contributed by atoms with Crippen LogP contribution in [0.2, 0.25) is 0 Å². The molecule has 0 aliphatic rings. The number of ether oxygens (including phenoxy) is 2. The summed E-state index contributed by atoms with van der Waals surface area (Å²) in [5, 5.41) is 3.41. The van der Waals surface area contributed by atoms with E-state index in [2.05, 4.69) is 5.32 Å². The minimum Gasteiger partial charge on any atom is -0.497 e. The Balaban J connectivity index is 0.00000261. The normalized spacial score (nSPS) is 10.1. The molecule has 0 heterocycles. The van der Waals surface area contributed by atoms with E-state index in [9.17, 15) is 4.39 Å². The van der Waals surface area contributed by atoms with Crippen LogP contribution in [0, 0.1) is 5.82 Å². The van der Waals surface area contributed by atoms with Gasteiger partial charge in [-0.25, -0.2) is 4.39 Å². The first-order chi connectivity index (χ1) is 12.8. The minimum absolute atomic E-state index is 0. The Morgan fingerprint density at radius 3 is 2.19 bits per heavy atom. The number of hydrogen-bond acceptors (Lipinski definition) is 3. The third-order valence-electron chi connectivity index (χ3n) is 4.12.